The topological polar surface area (TPSA) is 9.23 Å². The molecule has 0 amide bonds. The Morgan fingerprint density at radius 2 is 1.75 bits per heavy atom. The number of hydrogen-bond acceptors (Lipinski definition) is 1. The monoisotopic (exact) mass is 113 g/mol. The highest BCUT2D eigenvalue weighted by Gasteiger charge is 2.07. The first-order chi connectivity index (χ1) is 3.68. The third-order valence-corrected chi connectivity index (χ3v) is 1.40. The van der Waals surface area contributed by atoms with Crippen LogP contribution in [0.4, 0.5) is 0 Å². The van der Waals surface area contributed by atoms with Crippen LogP contribution in [0.5, 0.6) is 0 Å². The molecule has 0 fully saturated rings. The Morgan fingerprint density at radius 3 is 1.88 bits per heavy atom. The lowest BCUT2D eigenvalue weighted by Gasteiger charge is -2.10. The maximum absolute atomic E-state index is 4.84. The minimum absolute atomic E-state index is 0.569. The predicted octanol–water partition coefficient (Wildman–Crippen LogP) is 1.72. The highest BCUT2D eigenvalue weighted by atomic mass is 16.4. The van der Waals surface area contributed by atoms with Gasteiger partial charge < -0.3 is 4.65 Å². The third-order valence-electron chi connectivity index (χ3n) is 1.40. The molecule has 2 heteroatoms. The maximum Gasteiger partial charge on any atom is 0.295 e. The highest BCUT2D eigenvalue weighted by Crippen LogP contribution is 2.13. The molecule has 0 heterocycles. The summed E-state index contributed by atoms with van der Waals surface area (Å²) in [6.07, 6.45) is 0. The molecule has 0 aromatic heterocycles. The van der Waals surface area contributed by atoms with Crippen LogP contribution in [0.25, 0.3) is 0 Å². The summed E-state index contributed by atoms with van der Waals surface area (Å²) in [5, 5.41) is 0. The van der Waals surface area contributed by atoms with Crippen LogP contribution in [0.2, 0.25) is 5.82 Å². The fraction of sp³-hybridized carbons (Fsp3) is 1.00. The van der Waals surface area contributed by atoms with E-state index in [1.807, 2.05) is 7.48 Å². The van der Waals surface area contributed by atoms with Gasteiger partial charge in [-0.2, -0.15) is 0 Å². The first-order valence-corrected chi connectivity index (χ1v) is 3.04. The van der Waals surface area contributed by atoms with Gasteiger partial charge in [0.05, 0.1) is 0 Å². The van der Waals surface area contributed by atoms with Crippen molar-refractivity contribution in [3.63, 3.8) is 0 Å². The normalized spacial score (nSPS) is 14.1. The summed E-state index contributed by atoms with van der Waals surface area (Å²) in [5.74, 6) is 1.26. The molecule has 47 valence electrons. The van der Waals surface area contributed by atoms with E-state index in [1.54, 1.807) is 7.11 Å². The van der Waals surface area contributed by atoms with Crippen molar-refractivity contribution in [2.45, 2.75) is 26.6 Å². The van der Waals surface area contributed by atoms with E-state index in [0.29, 0.717) is 11.7 Å². The van der Waals surface area contributed by atoms with E-state index in [4.69, 9.17) is 4.65 Å². The zero-order chi connectivity index (χ0) is 6.57. The van der Waals surface area contributed by atoms with Gasteiger partial charge in [-0.3, -0.25) is 0 Å². The van der Waals surface area contributed by atoms with Crippen LogP contribution in [0, 0.1) is 5.92 Å². The Kier molecular flexibility index (Phi) is 3.97. The fourth-order valence-electron chi connectivity index (χ4n) is 0.372. The van der Waals surface area contributed by atoms with Gasteiger partial charge in [-0.25, -0.2) is 0 Å². The van der Waals surface area contributed by atoms with Crippen LogP contribution < -0.4 is 0 Å². The summed E-state index contributed by atoms with van der Waals surface area (Å²) >= 11 is 0. The Hall–Kier alpha value is 0.0249. The van der Waals surface area contributed by atoms with Crippen molar-refractivity contribution in [2.75, 3.05) is 7.11 Å². The zero-order valence-corrected chi connectivity index (χ0v) is 6.14. The fourth-order valence-corrected chi connectivity index (χ4v) is 0.372. The Balaban J connectivity index is 3.17. The van der Waals surface area contributed by atoms with Crippen LogP contribution in [0.3, 0.4) is 0 Å². The van der Waals surface area contributed by atoms with Gasteiger partial charge in [-0.15, -0.1) is 0 Å². The maximum atomic E-state index is 4.84. The van der Waals surface area contributed by atoms with Crippen molar-refractivity contribution in [2.24, 2.45) is 5.92 Å². The van der Waals surface area contributed by atoms with E-state index in [9.17, 15) is 0 Å². The predicted molar refractivity (Wildman–Crippen MR) is 37.0 cm³/mol. The molecule has 0 bridgehead atoms. The summed E-state index contributed by atoms with van der Waals surface area (Å²) in [6.45, 7) is 6.51. The summed E-state index contributed by atoms with van der Waals surface area (Å²) in [4.78, 5) is 0. The summed E-state index contributed by atoms with van der Waals surface area (Å²) in [5.41, 5.74) is 0. The van der Waals surface area contributed by atoms with Gasteiger partial charge in [0, 0.05) is 7.11 Å². The van der Waals surface area contributed by atoms with Crippen LogP contribution in [0.15, 0.2) is 0 Å². The van der Waals surface area contributed by atoms with Gasteiger partial charge in [0.1, 0.15) is 0 Å². The quantitative estimate of drug-likeness (QED) is 0.506. The van der Waals surface area contributed by atoms with E-state index in [1.165, 1.54) is 0 Å². The molecule has 0 saturated heterocycles. The lowest BCUT2D eigenvalue weighted by Crippen LogP contribution is -2.07. The first kappa shape index (κ1) is 8.02. The van der Waals surface area contributed by atoms with Crippen LogP contribution >= 0.6 is 0 Å². The first-order valence-electron chi connectivity index (χ1n) is 3.04. The third kappa shape index (κ3) is 3.08. The molecular formula is C6H14BO. The molecule has 8 heavy (non-hydrogen) atoms. The molecule has 0 aliphatic heterocycles. The molecule has 0 rings (SSSR count). The smallest absolute Gasteiger partial charge is 0.295 e. The van der Waals surface area contributed by atoms with Crippen LogP contribution in [-0.4, -0.2) is 14.6 Å². The van der Waals surface area contributed by atoms with Crippen molar-refractivity contribution in [1.82, 2.24) is 0 Å². The molecule has 0 aliphatic rings. The summed E-state index contributed by atoms with van der Waals surface area (Å²) in [6, 6.07) is 0. The van der Waals surface area contributed by atoms with Crippen LogP contribution in [0.1, 0.15) is 20.8 Å². The number of hydrogen-bond donors (Lipinski definition) is 0. The van der Waals surface area contributed by atoms with Crippen molar-refractivity contribution < 1.29 is 4.65 Å². The Labute approximate surface area is 52.7 Å². The lowest BCUT2D eigenvalue weighted by atomic mass is 9.74. The van der Waals surface area contributed by atoms with Crippen molar-refractivity contribution >= 4 is 7.48 Å². The second-order valence-corrected chi connectivity index (χ2v) is 2.47. The second kappa shape index (κ2) is 3.96. The van der Waals surface area contributed by atoms with E-state index in [2.05, 4.69) is 20.8 Å². The van der Waals surface area contributed by atoms with E-state index < -0.39 is 0 Å². The molecule has 1 radical (unpaired) electrons. The number of rotatable bonds is 3. The molecule has 1 nitrogen and oxygen atoms in total. The van der Waals surface area contributed by atoms with Gasteiger partial charge in [0.15, 0.2) is 0 Å². The van der Waals surface area contributed by atoms with Crippen LogP contribution in [-0.2, 0) is 4.65 Å². The molecule has 0 saturated carbocycles. The van der Waals surface area contributed by atoms with Gasteiger partial charge in [-0.1, -0.05) is 20.8 Å². The Morgan fingerprint density at radius 1 is 1.25 bits per heavy atom. The van der Waals surface area contributed by atoms with E-state index in [0.717, 1.165) is 0 Å². The van der Waals surface area contributed by atoms with Gasteiger partial charge in [0.25, 0.3) is 7.48 Å². The molecule has 0 aliphatic carbocycles. The molecule has 0 N–H and O–H groups in total. The minimum atomic E-state index is 0.569. The van der Waals surface area contributed by atoms with Gasteiger partial charge >= 0.3 is 0 Å². The van der Waals surface area contributed by atoms with E-state index >= 15 is 0 Å². The average molecular weight is 113 g/mol. The zero-order valence-electron chi connectivity index (χ0n) is 6.14. The van der Waals surface area contributed by atoms with Gasteiger partial charge in [0.2, 0.25) is 0 Å². The molecule has 0 aromatic rings. The average Bonchev–Trinajstić information content (AvgIpc) is 1.67. The standard InChI is InChI=1S/C6H14BO/c1-5(2)6(3)7-8-4/h5-6H,1-4H3. The van der Waals surface area contributed by atoms with Crippen molar-refractivity contribution in [3.8, 4) is 0 Å². The molecular weight excluding hydrogens is 98.9 g/mol. The van der Waals surface area contributed by atoms with Gasteiger partial charge in [-0.05, 0) is 11.7 Å². The summed E-state index contributed by atoms with van der Waals surface area (Å²) in [7, 11) is 3.56. The second-order valence-electron chi connectivity index (χ2n) is 2.47. The van der Waals surface area contributed by atoms with Crippen molar-refractivity contribution in [1.29, 1.82) is 0 Å². The Bertz CT molecular complexity index is 54.5. The molecule has 1 unspecified atom stereocenters. The molecule has 0 spiro atoms. The highest BCUT2D eigenvalue weighted by molar-refractivity contribution is 6.29. The lowest BCUT2D eigenvalue weighted by molar-refractivity contribution is 0.417. The van der Waals surface area contributed by atoms with E-state index in [-0.39, 0.29) is 0 Å². The molecule has 0 aromatic carbocycles. The minimum Gasteiger partial charge on any atom is -0.443 e. The largest absolute Gasteiger partial charge is 0.443 e. The SMILES string of the molecule is CO[B]C(C)C(C)C. The van der Waals surface area contributed by atoms with Crippen molar-refractivity contribution in [3.05, 3.63) is 0 Å². The summed E-state index contributed by atoms with van der Waals surface area (Å²) < 4.78 is 4.84. The molecule has 1 atom stereocenters.